The van der Waals surface area contributed by atoms with Crippen molar-refractivity contribution < 1.29 is 5.21 Å². The van der Waals surface area contributed by atoms with Crippen molar-refractivity contribution in [1.82, 2.24) is 4.98 Å². The average molecular weight is 291 g/mol. The molecule has 0 aliphatic carbocycles. The van der Waals surface area contributed by atoms with Gasteiger partial charge in [-0.3, -0.25) is 4.98 Å². The van der Waals surface area contributed by atoms with E-state index in [-0.39, 0.29) is 0 Å². The molecule has 1 aromatic heterocycles. The Hall–Kier alpha value is -1.68. The zero-order chi connectivity index (χ0) is 12.1. The summed E-state index contributed by atoms with van der Waals surface area (Å²) in [7, 11) is 0. The number of hydrogen-bond acceptors (Lipinski definition) is 3. The lowest BCUT2D eigenvalue weighted by molar-refractivity contribution is 0.318. The second-order valence-electron chi connectivity index (χ2n) is 3.59. The third-order valence-electron chi connectivity index (χ3n) is 2.40. The molecule has 0 fully saturated rings. The predicted molar refractivity (Wildman–Crippen MR) is 70.4 cm³/mol. The fourth-order valence-corrected chi connectivity index (χ4v) is 1.79. The highest BCUT2D eigenvalue weighted by atomic mass is 79.9. The highest BCUT2D eigenvalue weighted by Crippen LogP contribution is 2.13. The lowest BCUT2D eigenvalue weighted by Crippen LogP contribution is -2.05. The van der Waals surface area contributed by atoms with E-state index >= 15 is 0 Å². The van der Waals surface area contributed by atoms with Crippen LogP contribution in [-0.4, -0.2) is 15.9 Å². The Morgan fingerprint density at radius 2 is 2.00 bits per heavy atom. The van der Waals surface area contributed by atoms with E-state index in [9.17, 15) is 0 Å². The number of rotatable bonds is 3. The first-order valence-electron chi connectivity index (χ1n) is 5.15. The summed E-state index contributed by atoms with van der Waals surface area (Å²) in [4.78, 5) is 4.01. The van der Waals surface area contributed by atoms with Gasteiger partial charge in [-0.25, -0.2) is 0 Å². The molecular weight excluding hydrogens is 280 g/mol. The molecule has 0 radical (unpaired) electrons. The van der Waals surface area contributed by atoms with Gasteiger partial charge in [0.05, 0.1) is 5.71 Å². The van der Waals surface area contributed by atoms with E-state index in [1.807, 2.05) is 36.4 Å². The second-order valence-corrected chi connectivity index (χ2v) is 4.51. The highest BCUT2D eigenvalue weighted by molar-refractivity contribution is 9.10. The lowest BCUT2D eigenvalue weighted by atomic mass is 10.0. The van der Waals surface area contributed by atoms with Gasteiger partial charge in [-0.15, -0.1) is 0 Å². The van der Waals surface area contributed by atoms with Gasteiger partial charge < -0.3 is 5.21 Å². The van der Waals surface area contributed by atoms with Gasteiger partial charge in [-0.1, -0.05) is 33.2 Å². The Morgan fingerprint density at radius 3 is 2.59 bits per heavy atom. The van der Waals surface area contributed by atoms with E-state index < -0.39 is 0 Å². The maximum Gasteiger partial charge on any atom is 0.0926 e. The number of aromatic nitrogens is 1. The predicted octanol–water partition coefficient (Wildman–Crippen LogP) is 3.27. The van der Waals surface area contributed by atoms with Gasteiger partial charge in [-0.05, 0) is 29.8 Å². The largest absolute Gasteiger partial charge is 0.411 e. The van der Waals surface area contributed by atoms with Gasteiger partial charge in [0.1, 0.15) is 0 Å². The van der Waals surface area contributed by atoms with Crippen molar-refractivity contribution in [3.8, 4) is 0 Å². The first-order valence-corrected chi connectivity index (χ1v) is 5.94. The summed E-state index contributed by atoms with van der Waals surface area (Å²) >= 11 is 3.38. The minimum Gasteiger partial charge on any atom is -0.411 e. The second kappa shape index (κ2) is 5.59. The topological polar surface area (TPSA) is 45.5 Å². The van der Waals surface area contributed by atoms with E-state index in [1.165, 1.54) is 0 Å². The summed E-state index contributed by atoms with van der Waals surface area (Å²) in [5.74, 6) is 0. The summed E-state index contributed by atoms with van der Waals surface area (Å²) in [6.07, 6.45) is 3.96. The van der Waals surface area contributed by atoms with E-state index in [2.05, 4.69) is 26.1 Å². The summed E-state index contributed by atoms with van der Waals surface area (Å²) in [6, 6.07) is 11.6. The van der Waals surface area contributed by atoms with Crippen molar-refractivity contribution in [3.63, 3.8) is 0 Å². The van der Waals surface area contributed by atoms with Crippen LogP contribution in [-0.2, 0) is 6.42 Å². The zero-order valence-corrected chi connectivity index (χ0v) is 10.6. The number of benzene rings is 1. The number of pyridine rings is 1. The highest BCUT2D eigenvalue weighted by Gasteiger charge is 2.05. The minimum atomic E-state index is 0.579. The zero-order valence-electron chi connectivity index (χ0n) is 9.05. The molecule has 17 heavy (non-hydrogen) atoms. The lowest BCUT2D eigenvalue weighted by Gasteiger charge is -2.04. The molecule has 0 spiro atoms. The summed E-state index contributed by atoms with van der Waals surface area (Å²) < 4.78 is 1.03. The maximum absolute atomic E-state index is 9.05. The summed E-state index contributed by atoms with van der Waals surface area (Å²) in [6.45, 7) is 0. The van der Waals surface area contributed by atoms with Crippen molar-refractivity contribution in [1.29, 1.82) is 0 Å². The molecule has 0 saturated carbocycles. The molecule has 0 saturated heterocycles. The molecule has 0 aliphatic rings. The molecule has 1 aromatic carbocycles. The van der Waals surface area contributed by atoms with Crippen LogP contribution in [0.15, 0.2) is 58.4 Å². The summed E-state index contributed by atoms with van der Waals surface area (Å²) in [5.41, 5.74) is 2.53. The quantitative estimate of drug-likeness (QED) is 0.536. The number of nitrogens with zero attached hydrogens (tertiary/aromatic N) is 2. The molecule has 0 aliphatic heterocycles. The molecule has 0 amide bonds. The molecule has 3 nitrogen and oxygen atoms in total. The smallest absolute Gasteiger partial charge is 0.0926 e. The van der Waals surface area contributed by atoms with E-state index in [1.54, 1.807) is 12.4 Å². The Bertz CT molecular complexity index is 509. The summed E-state index contributed by atoms with van der Waals surface area (Å²) in [5, 5.41) is 12.4. The van der Waals surface area contributed by atoms with Crippen molar-refractivity contribution in [3.05, 3.63) is 64.4 Å². The molecule has 0 unspecified atom stereocenters. The van der Waals surface area contributed by atoms with Gasteiger partial charge in [0.25, 0.3) is 0 Å². The van der Waals surface area contributed by atoms with Crippen LogP contribution in [0.1, 0.15) is 11.1 Å². The number of halogens is 1. The fraction of sp³-hybridized carbons (Fsp3) is 0.0769. The van der Waals surface area contributed by atoms with Gasteiger partial charge >= 0.3 is 0 Å². The van der Waals surface area contributed by atoms with E-state index in [0.717, 1.165) is 15.6 Å². The van der Waals surface area contributed by atoms with Gasteiger partial charge in [-0.2, -0.15) is 0 Å². The third-order valence-corrected chi connectivity index (χ3v) is 2.93. The molecule has 1 heterocycles. The van der Waals surface area contributed by atoms with Crippen LogP contribution in [0.2, 0.25) is 0 Å². The van der Waals surface area contributed by atoms with Gasteiger partial charge in [0.15, 0.2) is 0 Å². The number of hydrogen-bond donors (Lipinski definition) is 1. The van der Waals surface area contributed by atoms with Crippen LogP contribution in [0, 0.1) is 0 Å². The fourth-order valence-electron chi connectivity index (χ4n) is 1.52. The third kappa shape index (κ3) is 3.14. The molecule has 4 heteroatoms. The van der Waals surface area contributed by atoms with Crippen LogP contribution in [0.3, 0.4) is 0 Å². The molecule has 0 bridgehead atoms. The Kier molecular flexibility index (Phi) is 3.88. The van der Waals surface area contributed by atoms with Crippen molar-refractivity contribution in [2.45, 2.75) is 6.42 Å². The molecule has 0 atom stereocenters. The Labute approximate surface area is 108 Å². The van der Waals surface area contributed by atoms with E-state index in [0.29, 0.717) is 12.1 Å². The molecule has 1 N–H and O–H groups in total. The molecule has 2 rings (SSSR count). The normalized spacial score (nSPS) is 11.5. The van der Waals surface area contributed by atoms with E-state index in [4.69, 9.17) is 5.21 Å². The van der Waals surface area contributed by atoms with Gasteiger partial charge in [0.2, 0.25) is 0 Å². The standard InChI is InChI=1S/C13H11BrN2O/c14-12-5-3-10(4-6-12)8-13(16-17)11-2-1-7-15-9-11/h1-7,9,17H,8H2. The van der Waals surface area contributed by atoms with Crippen LogP contribution in [0.4, 0.5) is 0 Å². The Morgan fingerprint density at radius 1 is 1.24 bits per heavy atom. The van der Waals surface area contributed by atoms with Crippen LogP contribution in [0.25, 0.3) is 0 Å². The molecule has 86 valence electrons. The molecular formula is C13H11BrN2O. The molecule has 2 aromatic rings. The SMILES string of the molecule is ON=C(Cc1ccc(Br)cc1)c1cccnc1. The van der Waals surface area contributed by atoms with Gasteiger partial charge in [0, 0.05) is 28.9 Å². The Balaban J connectivity index is 2.19. The monoisotopic (exact) mass is 290 g/mol. The average Bonchev–Trinajstić information content (AvgIpc) is 2.39. The van der Waals surface area contributed by atoms with Crippen molar-refractivity contribution in [2.75, 3.05) is 0 Å². The van der Waals surface area contributed by atoms with Crippen LogP contribution in [0.5, 0.6) is 0 Å². The number of oxime groups is 1. The first-order chi connectivity index (χ1) is 8.29. The first kappa shape index (κ1) is 11.8. The minimum absolute atomic E-state index is 0.579. The van der Waals surface area contributed by atoms with Crippen molar-refractivity contribution in [2.24, 2.45) is 5.16 Å². The van der Waals surface area contributed by atoms with Crippen LogP contribution >= 0.6 is 15.9 Å². The van der Waals surface area contributed by atoms with Crippen molar-refractivity contribution >= 4 is 21.6 Å². The van der Waals surface area contributed by atoms with Crippen LogP contribution < -0.4 is 0 Å². The maximum atomic E-state index is 9.05.